The van der Waals surface area contributed by atoms with Crippen LogP contribution in [-0.4, -0.2) is 32.9 Å². The monoisotopic (exact) mass is 294 g/mol. The minimum absolute atomic E-state index is 0.0743. The number of amides is 1. The molecular weight excluding hydrogens is 279 g/mol. The van der Waals surface area contributed by atoms with Gasteiger partial charge in [-0.3, -0.25) is 9.89 Å². The van der Waals surface area contributed by atoms with Crippen molar-refractivity contribution in [3.05, 3.63) is 30.1 Å². The maximum atomic E-state index is 13.6. The second-order valence-corrected chi connectivity index (χ2v) is 5.41. The summed E-state index contributed by atoms with van der Waals surface area (Å²) < 4.78 is 13.6. The number of hydrogen-bond donors (Lipinski definition) is 2. The Hall–Kier alpha value is -1.89. The van der Waals surface area contributed by atoms with Crippen LogP contribution >= 0.6 is 11.8 Å². The lowest BCUT2D eigenvalue weighted by Gasteiger charge is -2.07. The summed E-state index contributed by atoms with van der Waals surface area (Å²) in [6.45, 7) is 4.21. The Labute approximate surface area is 120 Å². The molecule has 1 aromatic heterocycles. The topological polar surface area (TPSA) is 70.7 Å². The van der Waals surface area contributed by atoms with E-state index in [1.165, 1.54) is 17.8 Å². The van der Waals surface area contributed by atoms with Crippen molar-refractivity contribution in [2.45, 2.75) is 24.3 Å². The molecule has 1 atom stereocenters. The van der Waals surface area contributed by atoms with Crippen LogP contribution in [0.4, 0.5) is 4.39 Å². The smallest absolute Gasteiger partial charge is 0.233 e. The van der Waals surface area contributed by atoms with Gasteiger partial charge in [0.2, 0.25) is 11.1 Å². The fraction of sp³-hybridized carbons (Fsp3) is 0.308. The quantitative estimate of drug-likeness (QED) is 0.830. The highest BCUT2D eigenvalue weighted by Crippen LogP contribution is 2.24. The second kappa shape index (κ2) is 6.51. The summed E-state index contributed by atoms with van der Waals surface area (Å²) in [6.07, 6.45) is 0. The number of aromatic amines is 1. The van der Waals surface area contributed by atoms with E-state index in [-0.39, 0.29) is 17.0 Å². The van der Waals surface area contributed by atoms with E-state index in [0.29, 0.717) is 23.1 Å². The zero-order valence-corrected chi connectivity index (χ0v) is 12.0. The minimum Gasteiger partial charge on any atom is -0.355 e. The van der Waals surface area contributed by atoms with E-state index >= 15 is 0 Å². The third kappa shape index (κ3) is 3.36. The summed E-state index contributed by atoms with van der Waals surface area (Å²) in [5.74, 6) is -0.0829. The number of halogens is 1. The molecule has 0 saturated heterocycles. The Morgan fingerprint density at radius 3 is 2.95 bits per heavy atom. The number of thioether (sulfide) groups is 1. The molecule has 0 radical (unpaired) electrons. The van der Waals surface area contributed by atoms with Crippen molar-refractivity contribution in [1.82, 2.24) is 20.5 Å². The number of rotatable bonds is 5. The van der Waals surface area contributed by atoms with Crippen molar-refractivity contribution in [1.29, 1.82) is 0 Å². The van der Waals surface area contributed by atoms with Gasteiger partial charge in [-0.15, -0.1) is 5.10 Å². The van der Waals surface area contributed by atoms with Crippen molar-refractivity contribution in [2.75, 3.05) is 6.54 Å². The number of nitrogens with zero attached hydrogens (tertiary/aromatic N) is 2. The molecule has 2 aromatic rings. The molecule has 1 amide bonds. The minimum atomic E-state index is -0.364. The van der Waals surface area contributed by atoms with Crippen LogP contribution in [0.2, 0.25) is 0 Å². The van der Waals surface area contributed by atoms with E-state index in [1.807, 2.05) is 6.92 Å². The first-order chi connectivity index (χ1) is 9.61. The highest BCUT2D eigenvalue weighted by molar-refractivity contribution is 8.00. The van der Waals surface area contributed by atoms with Crippen LogP contribution in [-0.2, 0) is 4.79 Å². The Kier molecular flexibility index (Phi) is 4.73. The predicted octanol–water partition coefficient (Wildman–Crippen LogP) is 2.23. The molecule has 7 heteroatoms. The van der Waals surface area contributed by atoms with E-state index in [9.17, 15) is 9.18 Å². The highest BCUT2D eigenvalue weighted by Gasteiger charge is 2.17. The number of aromatic nitrogens is 3. The largest absolute Gasteiger partial charge is 0.355 e. The van der Waals surface area contributed by atoms with Gasteiger partial charge in [0.1, 0.15) is 5.82 Å². The molecule has 0 aliphatic carbocycles. The number of carbonyl (C=O) groups is 1. The number of nitrogens with one attached hydrogen (secondary N) is 2. The van der Waals surface area contributed by atoms with Crippen LogP contribution in [0.3, 0.4) is 0 Å². The summed E-state index contributed by atoms with van der Waals surface area (Å²) in [6, 6.07) is 6.33. The van der Waals surface area contributed by atoms with Gasteiger partial charge in [0.25, 0.3) is 0 Å². The lowest BCUT2D eigenvalue weighted by Crippen LogP contribution is -2.30. The van der Waals surface area contributed by atoms with E-state index in [4.69, 9.17) is 0 Å². The van der Waals surface area contributed by atoms with Gasteiger partial charge in [-0.25, -0.2) is 9.37 Å². The van der Waals surface area contributed by atoms with E-state index < -0.39 is 0 Å². The molecular formula is C13H15FN4OS. The zero-order chi connectivity index (χ0) is 14.5. The van der Waals surface area contributed by atoms with Gasteiger partial charge in [-0.2, -0.15) is 0 Å². The van der Waals surface area contributed by atoms with E-state index in [0.717, 1.165) is 0 Å². The summed E-state index contributed by atoms with van der Waals surface area (Å²) in [5, 5.41) is 9.52. The van der Waals surface area contributed by atoms with Gasteiger partial charge in [0.15, 0.2) is 5.82 Å². The average molecular weight is 294 g/mol. The van der Waals surface area contributed by atoms with Crippen LogP contribution in [0.25, 0.3) is 11.4 Å². The fourth-order valence-electron chi connectivity index (χ4n) is 1.60. The van der Waals surface area contributed by atoms with Crippen molar-refractivity contribution in [3.63, 3.8) is 0 Å². The molecule has 2 rings (SSSR count). The summed E-state index contributed by atoms with van der Waals surface area (Å²) in [4.78, 5) is 15.8. The molecule has 106 valence electrons. The molecule has 0 saturated carbocycles. The van der Waals surface area contributed by atoms with Crippen molar-refractivity contribution in [3.8, 4) is 11.4 Å². The van der Waals surface area contributed by atoms with Gasteiger partial charge in [0, 0.05) is 6.54 Å². The average Bonchev–Trinajstić information content (AvgIpc) is 2.87. The number of carbonyl (C=O) groups excluding carboxylic acids is 1. The lowest BCUT2D eigenvalue weighted by molar-refractivity contribution is -0.120. The van der Waals surface area contributed by atoms with Gasteiger partial charge >= 0.3 is 0 Å². The normalized spacial score (nSPS) is 12.2. The molecule has 5 nitrogen and oxygen atoms in total. The first kappa shape index (κ1) is 14.5. The Morgan fingerprint density at radius 1 is 1.50 bits per heavy atom. The predicted molar refractivity (Wildman–Crippen MR) is 75.8 cm³/mol. The van der Waals surface area contributed by atoms with Gasteiger partial charge in [-0.1, -0.05) is 23.9 Å². The van der Waals surface area contributed by atoms with E-state index in [1.54, 1.807) is 25.1 Å². The standard InChI is InChI=1S/C13H15FN4OS/c1-3-15-12(19)8(2)20-13-16-11(17-18-13)9-6-4-5-7-10(9)14/h4-8H,3H2,1-2H3,(H,15,19)(H,16,17,18)/t8-/m0/s1. The summed E-state index contributed by atoms with van der Waals surface area (Å²) in [5.41, 5.74) is 0.359. The Morgan fingerprint density at radius 2 is 2.25 bits per heavy atom. The Balaban J connectivity index is 2.10. The molecule has 1 aromatic carbocycles. The molecule has 1 heterocycles. The van der Waals surface area contributed by atoms with Crippen molar-refractivity contribution >= 4 is 17.7 Å². The van der Waals surface area contributed by atoms with Gasteiger partial charge in [0.05, 0.1) is 10.8 Å². The lowest BCUT2D eigenvalue weighted by atomic mass is 10.2. The second-order valence-electron chi connectivity index (χ2n) is 4.10. The van der Waals surface area contributed by atoms with Crippen molar-refractivity contribution < 1.29 is 9.18 Å². The molecule has 20 heavy (non-hydrogen) atoms. The molecule has 0 spiro atoms. The molecule has 0 bridgehead atoms. The third-order valence-corrected chi connectivity index (χ3v) is 3.56. The number of H-pyrrole nitrogens is 1. The fourth-order valence-corrected chi connectivity index (χ4v) is 2.35. The van der Waals surface area contributed by atoms with Gasteiger partial charge < -0.3 is 5.32 Å². The molecule has 2 N–H and O–H groups in total. The van der Waals surface area contributed by atoms with Gasteiger partial charge in [-0.05, 0) is 26.0 Å². The number of hydrogen-bond acceptors (Lipinski definition) is 4. The van der Waals surface area contributed by atoms with Crippen LogP contribution in [0.5, 0.6) is 0 Å². The van der Waals surface area contributed by atoms with Crippen LogP contribution in [0.1, 0.15) is 13.8 Å². The first-order valence-corrected chi connectivity index (χ1v) is 7.11. The molecule has 0 fully saturated rings. The maximum Gasteiger partial charge on any atom is 0.233 e. The third-order valence-electron chi connectivity index (χ3n) is 2.60. The molecule has 0 aliphatic heterocycles. The van der Waals surface area contributed by atoms with Crippen molar-refractivity contribution in [2.24, 2.45) is 0 Å². The Bertz CT molecular complexity index is 602. The van der Waals surface area contributed by atoms with Crippen LogP contribution in [0.15, 0.2) is 29.4 Å². The highest BCUT2D eigenvalue weighted by atomic mass is 32.2. The van der Waals surface area contributed by atoms with E-state index in [2.05, 4.69) is 20.5 Å². The zero-order valence-electron chi connectivity index (χ0n) is 11.2. The molecule has 0 aliphatic rings. The summed E-state index contributed by atoms with van der Waals surface area (Å²) in [7, 11) is 0. The number of benzene rings is 1. The first-order valence-electron chi connectivity index (χ1n) is 6.23. The SMILES string of the molecule is CCNC(=O)[C@H](C)Sc1n[nH]c(-c2ccccc2F)n1. The van der Waals surface area contributed by atoms with Crippen LogP contribution in [0, 0.1) is 5.82 Å². The van der Waals surface area contributed by atoms with Crippen LogP contribution < -0.4 is 5.32 Å². The summed E-state index contributed by atoms with van der Waals surface area (Å²) >= 11 is 1.23. The molecule has 0 unspecified atom stereocenters. The maximum absolute atomic E-state index is 13.6.